The van der Waals surface area contributed by atoms with Crippen LogP contribution in [0.25, 0.3) is 0 Å². The fourth-order valence-corrected chi connectivity index (χ4v) is 12.1. The Bertz CT molecular complexity index is 1450. The molecule has 0 aliphatic carbocycles. The van der Waals surface area contributed by atoms with E-state index in [1.165, 1.54) is 0 Å². The highest BCUT2D eigenvalue weighted by Gasteiger charge is 2.48. The molecule has 0 saturated carbocycles. The van der Waals surface area contributed by atoms with Crippen LogP contribution in [0.4, 0.5) is 5.69 Å². The maximum absolute atomic E-state index is 16.0. The molecule has 0 bridgehead atoms. The van der Waals surface area contributed by atoms with E-state index in [2.05, 4.69) is 0 Å². The Hall–Kier alpha value is -4.04. The second kappa shape index (κ2) is 11.4. The highest BCUT2D eigenvalue weighted by Crippen LogP contribution is 2.67. The second-order valence-corrected chi connectivity index (χ2v) is 14.3. The van der Waals surface area contributed by atoms with Crippen LogP contribution in [0, 0.1) is 0 Å². The van der Waals surface area contributed by atoms with Crippen LogP contribution in [0.2, 0.25) is 0 Å². The molecule has 0 unspecified atom stereocenters. The number of methoxy groups -OCH3 is 2. The zero-order valence-corrected chi connectivity index (χ0v) is 23.5. The average Bonchev–Trinajstić information content (AvgIpc) is 3.02. The SMILES string of the molecule is COc1ccc(N(P(=O)(c2ccccc2)c2ccccc2)P(=O)(c2ccccc2)c2ccccc2)c(OC)c1. The van der Waals surface area contributed by atoms with E-state index in [1.54, 1.807) is 36.9 Å². The summed E-state index contributed by atoms with van der Waals surface area (Å²) in [5.74, 6) is 0.965. The number of ether oxygens (including phenoxy) is 2. The Kier molecular flexibility index (Phi) is 7.74. The Balaban J connectivity index is 1.97. The molecule has 0 aromatic heterocycles. The topological polar surface area (TPSA) is 55.8 Å². The molecule has 5 aromatic carbocycles. The van der Waals surface area contributed by atoms with E-state index in [0.717, 1.165) is 0 Å². The van der Waals surface area contributed by atoms with E-state index in [0.29, 0.717) is 38.4 Å². The third-order valence-electron chi connectivity index (χ3n) is 6.56. The van der Waals surface area contributed by atoms with E-state index < -0.39 is 14.6 Å². The van der Waals surface area contributed by atoms with Crippen LogP contribution in [0.3, 0.4) is 0 Å². The van der Waals surface area contributed by atoms with Gasteiger partial charge in [-0.25, -0.2) is 0 Å². The van der Waals surface area contributed by atoms with Crippen molar-refractivity contribution in [1.29, 1.82) is 0 Å². The predicted octanol–water partition coefficient (Wildman–Crippen LogP) is 6.37. The molecule has 0 saturated heterocycles. The van der Waals surface area contributed by atoms with E-state index in [1.807, 2.05) is 121 Å². The lowest BCUT2D eigenvalue weighted by Gasteiger charge is -2.40. The summed E-state index contributed by atoms with van der Waals surface area (Å²) in [6.07, 6.45) is 0. The first-order valence-corrected chi connectivity index (χ1v) is 15.8. The van der Waals surface area contributed by atoms with Gasteiger partial charge in [-0.3, -0.25) is 13.6 Å². The van der Waals surface area contributed by atoms with Gasteiger partial charge in [-0.05, 0) is 60.7 Å². The maximum Gasteiger partial charge on any atom is 0.235 e. The Labute approximate surface area is 229 Å². The first-order valence-electron chi connectivity index (χ1n) is 12.5. The monoisotopic (exact) mass is 553 g/mol. The number of nitrogens with zero attached hydrogens (tertiary/aromatic N) is 1. The molecule has 196 valence electrons. The van der Waals surface area contributed by atoms with Gasteiger partial charge in [-0.2, -0.15) is 0 Å². The largest absolute Gasteiger partial charge is 0.497 e. The van der Waals surface area contributed by atoms with Crippen molar-refractivity contribution in [3.05, 3.63) is 140 Å². The van der Waals surface area contributed by atoms with Gasteiger partial charge in [0.15, 0.2) is 0 Å². The van der Waals surface area contributed by atoms with Gasteiger partial charge in [0.25, 0.3) is 0 Å². The number of anilines is 1. The summed E-state index contributed by atoms with van der Waals surface area (Å²) >= 11 is 0. The number of hydrogen-bond donors (Lipinski definition) is 0. The molecule has 5 nitrogen and oxygen atoms in total. The van der Waals surface area contributed by atoms with Crippen molar-refractivity contribution >= 4 is 41.5 Å². The predicted molar refractivity (Wildman–Crippen MR) is 162 cm³/mol. The van der Waals surface area contributed by atoms with Crippen molar-refractivity contribution in [2.24, 2.45) is 0 Å². The quantitative estimate of drug-likeness (QED) is 0.199. The van der Waals surface area contributed by atoms with Crippen molar-refractivity contribution in [2.45, 2.75) is 0 Å². The molecule has 0 N–H and O–H groups in total. The van der Waals surface area contributed by atoms with E-state index >= 15 is 9.13 Å². The summed E-state index contributed by atoms with van der Waals surface area (Å²) in [5, 5.41) is 2.23. The van der Waals surface area contributed by atoms with E-state index in [4.69, 9.17) is 9.47 Å². The molecule has 0 atom stereocenters. The van der Waals surface area contributed by atoms with Crippen LogP contribution in [0.5, 0.6) is 11.5 Å². The molecule has 7 heteroatoms. The first-order chi connectivity index (χ1) is 19.0. The second-order valence-electron chi connectivity index (χ2n) is 8.82. The van der Waals surface area contributed by atoms with Gasteiger partial charge in [-0.15, -0.1) is 0 Å². The van der Waals surface area contributed by atoms with Gasteiger partial charge in [0.05, 0.1) is 19.9 Å². The molecule has 0 aliphatic heterocycles. The Morgan fingerprint density at radius 1 is 0.487 bits per heavy atom. The molecule has 0 spiro atoms. The lowest BCUT2D eigenvalue weighted by atomic mass is 10.3. The molecule has 0 fully saturated rings. The van der Waals surface area contributed by atoms with Gasteiger partial charge in [-0.1, -0.05) is 72.8 Å². The lowest BCUT2D eigenvalue weighted by Crippen LogP contribution is -2.37. The molecule has 39 heavy (non-hydrogen) atoms. The zero-order valence-electron chi connectivity index (χ0n) is 21.8. The highest BCUT2D eigenvalue weighted by atomic mass is 31.2. The molecule has 5 aromatic rings. The third kappa shape index (κ3) is 4.81. The highest BCUT2D eigenvalue weighted by molar-refractivity contribution is 7.96. The fraction of sp³-hybridized carbons (Fsp3) is 0.0625. The minimum Gasteiger partial charge on any atom is -0.497 e. The Morgan fingerprint density at radius 3 is 1.15 bits per heavy atom. The van der Waals surface area contributed by atoms with Crippen LogP contribution in [0.1, 0.15) is 0 Å². The van der Waals surface area contributed by atoms with Gasteiger partial charge < -0.3 is 9.47 Å². The third-order valence-corrected chi connectivity index (χ3v) is 13.6. The van der Waals surface area contributed by atoms with Crippen molar-refractivity contribution in [1.82, 2.24) is 0 Å². The number of rotatable bonds is 9. The van der Waals surface area contributed by atoms with Crippen LogP contribution >= 0.6 is 14.6 Å². The molecule has 0 amide bonds. The van der Waals surface area contributed by atoms with E-state index in [-0.39, 0.29) is 0 Å². The summed E-state index contributed by atoms with van der Waals surface area (Å²) < 4.78 is 44.9. The maximum atomic E-state index is 16.0. The fourth-order valence-electron chi connectivity index (χ4n) is 4.69. The summed E-state index contributed by atoms with van der Waals surface area (Å²) in [5.41, 5.74) is 0.436. The van der Waals surface area contributed by atoms with Crippen molar-refractivity contribution in [2.75, 3.05) is 18.7 Å². The van der Waals surface area contributed by atoms with Gasteiger partial charge in [0.1, 0.15) is 11.5 Å². The number of hydrogen-bond acceptors (Lipinski definition) is 4. The van der Waals surface area contributed by atoms with Crippen LogP contribution < -0.4 is 35.1 Å². The molecule has 0 aliphatic rings. The summed E-state index contributed by atoms with van der Waals surface area (Å²) in [4.78, 5) is 0. The first kappa shape index (κ1) is 26.6. The van der Waals surface area contributed by atoms with Crippen LogP contribution in [-0.4, -0.2) is 14.2 Å². The Morgan fingerprint density at radius 2 is 0.846 bits per heavy atom. The molecular formula is C32H29NO4P2. The smallest absolute Gasteiger partial charge is 0.235 e. The standard InChI is InChI=1S/C32H29NO4P2/c1-36-26-23-24-31(32(25-26)37-2)33(38(34,27-15-7-3-8-16-27)28-17-9-4-10-18-28)39(35,29-19-11-5-12-20-29)30-21-13-6-14-22-30/h3-25H,1-2H3. The van der Waals surface area contributed by atoms with Crippen LogP contribution in [0.15, 0.2) is 140 Å². The zero-order chi connectivity index (χ0) is 27.3. The minimum atomic E-state index is -3.82. The average molecular weight is 554 g/mol. The van der Waals surface area contributed by atoms with Crippen molar-refractivity contribution in [3.8, 4) is 11.5 Å². The molecule has 0 radical (unpaired) electrons. The van der Waals surface area contributed by atoms with Gasteiger partial charge in [0.2, 0.25) is 14.6 Å². The van der Waals surface area contributed by atoms with Crippen LogP contribution in [-0.2, 0) is 9.13 Å². The summed E-state index contributed by atoms with van der Waals surface area (Å²) in [7, 11) is -4.53. The molecular weight excluding hydrogens is 524 g/mol. The van der Waals surface area contributed by atoms with Crippen molar-refractivity contribution < 1.29 is 18.6 Å². The van der Waals surface area contributed by atoms with Gasteiger partial charge >= 0.3 is 0 Å². The summed E-state index contributed by atoms with van der Waals surface area (Å²) in [6.45, 7) is 0. The summed E-state index contributed by atoms with van der Waals surface area (Å²) in [6, 6.07) is 42.2. The van der Waals surface area contributed by atoms with E-state index in [9.17, 15) is 0 Å². The normalized spacial score (nSPS) is 11.5. The molecule has 0 heterocycles. The number of benzene rings is 5. The molecule has 5 rings (SSSR count). The minimum absolute atomic E-state index is 0.397. The van der Waals surface area contributed by atoms with Crippen molar-refractivity contribution in [3.63, 3.8) is 0 Å². The lowest BCUT2D eigenvalue weighted by molar-refractivity contribution is 0.395. The van der Waals surface area contributed by atoms with Gasteiger partial charge in [0, 0.05) is 27.3 Å².